The molecule has 1 aliphatic heterocycles. The molecule has 0 unspecified atom stereocenters. The highest BCUT2D eigenvalue weighted by atomic mass is 19.3. The lowest BCUT2D eigenvalue weighted by molar-refractivity contribution is -0.189. The minimum absolute atomic E-state index is 0.210. The Balaban J connectivity index is 1.35. The van der Waals surface area contributed by atoms with Gasteiger partial charge in [0.05, 0.1) is 13.2 Å². The molecule has 1 saturated heterocycles. The molecule has 3 aromatic carbocycles. The smallest absolute Gasteiger partial charge is 0.429 e. The van der Waals surface area contributed by atoms with Crippen LogP contribution in [-0.2, 0) is 15.6 Å². The Hall–Kier alpha value is -3.18. The van der Waals surface area contributed by atoms with Crippen molar-refractivity contribution in [2.45, 2.75) is 43.5 Å². The maximum absolute atomic E-state index is 14.8. The molecule has 1 heterocycles. The molecule has 1 spiro atoms. The van der Waals surface area contributed by atoms with Crippen LogP contribution in [0.1, 0.15) is 42.7 Å². The Bertz CT molecular complexity index is 1310. The number of hydrogen-bond acceptors (Lipinski definition) is 3. The highest BCUT2D eigenvalue weighted by Gasteiger charge is 2.43. The van der Waals surface area contributed by atoms with E-state index in [1.807, 2.05) is 0 Å². The van der Waals surface area contributed by atoms with Gasteiger partial charge < -0.3 is 14.2 Å². The standard InChI is InChI=1S/C27H20F8O3/c28-19-13-17(1-2-18(19)16-11-22(31)25(33)23(32)12-16)38-27(34,35)24-20(29)9-15(10-21(24)30)14-3-5-26(6-4-14)36-7-8-37-26/h1-2,9-14H,3-8H2. The van der Waals surface area contributed by atoms with Crippen LogP contribution in [0.3, 0.4) is 0 Å². The van der Waals surface area contributed by atoms with E-state index in [1.54, 1.807) is 0 Å². The lowest BCUT2D eigenvalue weighted by Crippen LogP contribution is -2.34. The molecule has 202 valence electrons. The summed E-state index contributed by atoms with van der Waals surface area (Å²) in [6.07, 6.45) is -2.56. The maximum atomic E-state index is 14.8. The fourth-order valence-electron chi connectivity index (χ4n) is 4.99. The number of rotatable bonds is 5. The number of benzene rings is 3. The van der Waals surface area contributed by atoms with Gasteiger partial charge in [-0.1, -0.05) is 0 Å². The summed E-state index contributed by atoms with van der Waals surface area (Å²) in [5.41, 5.74) is -2.28. The van der Waals surface area contributed by atoms with Gasteiger partial charge in [0.1, 0.15) is 28.8 Å². The lowest BCUT2D eigenvalue weighted by Gasteiger charge is -2.35. The summed E-state index contributed by atoms with van der Waals surface area (Å²) in [6, 6.07) is 4.84. The van der Waals surface area contributed by atoms with Gasteiger partial charge in [-0.3, -0.25) is 0 Å². The quantitative estimate of drug-likeness (QED) is 0.243. The molecule has 0 aromatic heterocycles. The first-order valence-corrected chi connectivity index (χ1v) is 11.8. The van der Waals surface area contributed by atoms with Crippen molar-refractivity contribution in [1.29, 1.82) is 0 Å². The van der Waals surface area contributed by atoms with E-state index < -0.39 is 69.2 Å². The molecule has 11 heteroatoms. The molecule has 0 bridgehead atoms. The van der Waals surface area contributed by atoms with E-state index in [4.69, 9.17) is 9.47 Å². The van der Waals surface area contributed by atoms with Gasteiger partial charge in [0.25, 0.3) is 0 Å². The lowest BCUT2D eigenvalue weighted by atomic mass is 9.80. The van der Waals surface area contributed by atoms with Gasteiger partial charge in [0.2, 0.25) is 0 Å². The van der Waals surface area contributed by atoms with E-state index in [1.165, 1.54) is 0 Å². The van der Waals surface area contributed by atoms with Crippen LogP contribution in [0, 0.1) is 34.9 Å². The zero-order chi connectivity index (χ0) is 27.2. The van der Waals surface area contributed by atoms with Crippen molar-refractivity contribution < 1.29 is 49.3 Å². The van der Waals surface area contributed by atoms with Crippen LogP contribution in [0.5, 0.6) is 5.75 Å². The second-order valence-electron chi connectivity index (χ2n) is 9.26. The predicted octanol–water partition coefficient (Wildman–Crippen LogP) is 7.72. The molecule has 0 N–H and O–H groups in total. The summed E-state index contributed by atoms with van der Waals surface area (Å²) in [7, 11) is 0. The maximum Gasteiger partial charge on any atom is 0.432 e. The Labute approximate surface area is 211 Å². The van der Waals surface area contributed by atoms with Gasteiger partial charge in [-0.15, -0.1) is 0 Å². The molecule has 2 fully saturated rings. The third kappa shape index (κ3) is 4.96. The monoisotopic (exact) mass is 544 g/mol. The summed E-state index contributed by atoms with van der Waals surface area (Å²) in [5, 5.41) is 0. The first kappa shape index (κ1) is 26.4. The van der Waals surface area contributed by atoms with E-state index in [0.717, 1.165) is 24.3 Å². The largest absolute Gasteiger partial charge is 0.432 e. The number of alkyl halides is 2. The molecule has 5 rings (SSSR count). The van der Waals surface area contributed by atoms with Crippen molar-refractivity contribution in [3.63, 3.8) is 0 Å². The van der Waals surface area contributed by atoms with Crippen LogP contribution in [0.15, 0.2) is 42.5 Å². The van der Waals surface area contributed by atoms with Crippen LogP contribution in [0.4, 0.5) is 35.1 Å². The topological polar surface area (TPSA) is 27.7 Å². The summed E-state index contributed by atoms with van der Waals surface area (Å²) in [6.45, 7) is 0.932. The summed E-state index contributed by atoms with van der Waals surface area (Å²) in [5.74, 6) is -11.0. The Morgan fingerprint density at radius 3 is 1.87 bits per heavy atom. The molecule has 3 nitrogen and oxygen atoms in total. The van der Waals surface area contributed by atoms with Crippen LogP contribution in [0.25, 0.3) is 11.1 Å². The molecule has 1 saturated carbocycles. The fraction of sp³-hybridized carbons (Fsp3) is 0.333. The van der Waals surface area contributed by atoms with E-state index >= 15 is 0 Å². The average molecular weight is 544 g/mol. The van der Waals surface area contributed by atoms with Gasteiger partial charge in [0.15, 0.2) is 23.2 Å². The van der Waals surface area contributed by atoms with Crippen molar-refractivity contribution in [2.75, 3.05) is 13.2 Å². The Morgan fingerprint density at radius 2 is 1.32 bits per heavy atom. The second-order valence-corrected chi connectivity index (χ2v) is 9.26. The van der Waals surface area contributed by atoms with E-state index in [-0.39, 0.29) is 11.5 Å². The summed E-state index contributed by atoms with van der Waals surface area (Å²) < 4.78 is 130. The van der Waals surface area contributed by atoms with Gasteiger partial charge in [-0.25, -0.2) is 26.3 Å². The molecule has 3 aromatic rings. The minimum Gasteiger partial charge on any atom is -0.429 e. The SMILES string of the molecule is Fc1cc(OC(F)(F)c2c(F)cc(C3CCC4(CC3)OCCO4)cc2F)ccc1-c1cc(F)c(F)c(F)c1. The van der Waals surface area contributed by atoms with E-state index in [9.17, 15) is 35.1 Å². The summed E-state index contributed by atoms with van der Waals surface area (Å²) >= 11 is 0. The average Bonchev–Trinajstić information content (AvgIpc) is 3.29. The zero-order valence-corrected chi connectivity index (χ0v) is 19.6. The zero-order valence-electron chi connectivity index (χ0n) is 19.6. The molecule has 0 atom stereocenters. The van der Waals surface area contributed by atoms with Gasteiger partial charge in [0, 0.05) is 24.5 Å². The molecular formula is C27H20F8O3. The van der Waals surface area contributed by atoms with E-state index in [2.05, 4.69) is 4.74 Å². The van der Waals surface area contributed by atoms with E-state index in [0.29, 0.717) is 57.1 Å². The highest BCUT2D eigenvalue weighted by molar-refractivity contribution is 5.65. The van der Waals surface area contributed by atoms with Gasteiger partial charge >= 0.3 is 6.11 Å². The molecule has 1 aliphatic carbocycles. The molecular weight excluding hydrogens is 524 g/mol. The highest BCUT2D eigenvalue weighted by Crippen LogP contribution is 2.44. The Morgan fingerprint density at radius 1 is 0.737 bits per heavy atom. The second kappa shape index (κ2) is 9.85. The molecule has 2 aliphatic rings. The Kier molecular flexibility index (Phi) is 6.85. The third-order valence-electron chi connectivity index (χ3n) is 6.87. The van der Waals surface area contributed by atoms with Gasteiger partial charge in [-0.2, -0.15) is 8.78 Å². The van der Waals surface area contributed by atoms with Crippen LogP contribution in [0.2, 0.25) is 0 Å². The molecule has 0 radical (unpaired) electrons. The van der Waals surface area contributed by atoms with Crippen molar-refractivity contribution in [3.8, 4) is 16.9 Å². The van der Waals surface area contributed by atoms with Gasteiger partial charge in [-0.05, 0) is 66.3 Å². The minimum atomic E-state index is -4.53. The van der Waals surface area contributed by atoms with Crippen molar-refractivity contribution >= 4 is 0 Å². The predicted molar refractivity (Wildman–Crippen MR) is 118 cm³/mol. The number of hydrogen-bond donors (Lipinski definition) is 0. The molecule has 38 heavy (non-hydrogen) atoms. The van der Waals surface area contributed by atoms with Crippen molar-refractivity contribution in [3.05, 3.63) is 88.5 Å². The molecule has 0 amide bonds. The first-order chi connectivity index (χ1) is 18.0. The van der Waals surface area contributed by atoms with Crippen LogP contribution < -0.4 is 4.74 Å². The first-order valence-electron chi connectivity index (χ1n) is 11.8. The third-order valence-corrected chi connectivity index (χ3v) is 6.87. The van der Waals surface area contributed by atoms with Crippen molar-refractivity contribution in [2.24, 2.45) is 0 Å². The van der Waals surface area contributed by atoms with Crippen molar-refractivity contribution in [1.82, 2.24) is 0 Å². The fourth-order valence-corrected chi connectivity index (χ4v) is 4.99. The van der Waals surface area contributed by atoms with Crippen LogP contribution >= 0.6 is 0 Å². The number of ether oxygens (including phenoxy) is 3. The van der Waals surface area contributed by atoms with Crippen LogP contribution in [-0.4, -0.2) is 19.0 Å². The number of halogens is 8. The summed E-state index contributed by atoms with van der Waals surface area (Å²) in [4.78, 5) is 0. The normalized spacial score (nSPS) is 17.8.